The first-order chi connectivity index (χ1) is 9.84. The van der Waals surface area contributed by atoms with Crippen molar-refractivity contribution >= 4 is 17.9 Å². The average molecular weight is 299 g/mol. The number of carbonyl (C=O) groups excluding carboxylic acids is 2. The molecule has 0 aromatic rings. The minimum atomic E-state index is -0.832. The van der Waals surface area contributed by atoms with Crippen molar-refractivity contribution in [3.05, 3.63) is 0 Å². The molecule has 0 heterocycles. The van der Waals surface area contributed by atoms with Gasteiger partial charge in [-0.15, -0.1) is 0 Å². The van der Waals surface area contributed by atoms with Gasteiger partial charge in [0, 0.05) is 20.6 Å². The van der Waals surface area contributed by atoms with Crippen LogP contribution in [0.1, 0.15) is 38.5 Å². The highest BCUT2D eigenvalue weighted by atomic mass is 16.4. The van der Waals surface area contributed by atoms with Gasteiger partial charge in [0.15, 0.2) is 0 Å². The highest BCUT2D eigenvalue weighted by Gasteiger charge is 2.34. The van der Waals surface area contributed by atoms with Gasteiger partial charge in [0.2, 0.25) is 5.91 Å². The molecule has 0 saturated heterocycles. The Bertz CT molecular complexity index is 390. The molecule has 21 heavy (non-hydrogen) atoms. The van der Waals surface area contributed by atoms with Crippen LogP contribution in [0.2, 0.25) is 0 Å². The second kappa shape index (κ2) is 7.85. The summed E-state index contributed by atoms with van der Waals surface area (Å²) in [5, 5.41) is 14.2. The maximum atomic E-state index is 11.7. The number of hydrogen-bond donors (Lipinski definition) is 3. The Morgan fingerprint density at radius 2 is 1.71 bits per heavy atom. The summed E-state index contributed by atoms with van der Waals surface area (Å²) in [5.41, 5.74) is -0.354. The summed E-state index contributed by atoms with van der Waals surface area (Å²) in [5.74, 6) is -1.02. The normalized spacial score (nSPS) is 16.9. The van der Waals surface area contributed by atoms with Crippen molar-refractivity contribution in [2.45, 2.75) is 38.5 Å². The van der Waals surface area contributed by atoms with Gasteiger partial charge in [-0.05, 0) is 18.3 Å². The first-order valence-electron chi connectivity index (χ1n) is 7.28. The maximum Gasteiger partial charge on any atom is 0.315 e. The van der Waals surface area contributed by atoms with Crippen LogP contribution in [0.15, 0.2) is 0 Å². The number of likely N-dealkylation sites (N-methyl/N-ethyl adjacent to an activating group) is 1. The van der Waals surface area contributed by atoms with Crippen LogP contribution in [0.4, 0.5) is 4.79 Å². The van der Waals surface area contributed by atoms with Gasteiger partial charge in [0.05, 0.1) is 13.0 Å². The lowest BCUT2D eigenvalue weighted by molar-refractivity contribution is -0.140. The highest BCUT2D eigenvalue weighted by molar-refractivity contribution is 5.83. The summed E-state index contributed by atoms with van der Waals surface area (Å²) in [6.07, 6.45) is 4.81. The van der Waals surface area contributed by atoms with Crippen LogP contribution in [0.5, 0.6) is 0 Å². The Kier molecular flexibility index (Phi) is 6.45. The number of nitrogens with zero attached hydrogens (tertiary/aromatic N) is 1. The standard InChI is InChI=1S/C14H25N3O4/c1-17(2)11(18)9-15-13(21)16-10-14(8-12(19)20)6-4-3-5-7-14/h3-10H2,1-2H3,(H,19,20)(H2,15,16,21). The Hall–Kier alpha value is -1.79. The Balaban J connectivity index is 2.43. The summed E-state index contributed by atoms with van der Waals surface area (Å²) in [4.78, 5) is 35.5. The first-order valence-corrected chi connectivity index (χ1v) is 7.28. The molecule has 0 atom stereocenters. The highest BCUT2D eigenvalue weighted by Crippen LogP contribution is 2.38. The van der Waals surface area contributed by atoms with Gasteiger partial charge in [0.1, 0.15) is 0 Å². The van der Waals surface area contributed by atoms with E-state index in [2.05, 4.69) is 10.6 Å². The smallest absolute Gasteiger partial charge is 0.315 e. The molecule has 1 saturated carbocycles. The van der Waals surface area contributed by atoms with Gasteiger partial charge < -0.3 is 20.6 Å². The number of aliphatic carboxylic acids is 1. The lowest BCUT2D eigenvalue weighted by atomic mass is 9.72. The fourth-order valence-electron chi connectivity index (χ4n) is 2.68. The average Bonchev–Trinajstić information content (AvgIpc) is 2.42. The number of rotatable bonds is 6. The van der Waals surface area contributed by atoms with E-state index < -0.39 is 12.0 Å². The van der Waals surface area contributed by atoms with Gasteiger partial charge in [-0.2, -0.15) is 0 Å². The number of nitrogens with one attached hydrogen (secondary N) is 2. The largest absolute Gasteiger partial charge is 0.481 e. The molecule has 1 rings (SSSR count). The molecule has 1 aliphatic rings. The lowest BCUT2D eigenvalue weighted by Gasteiger charge is -2.36. The quantitative estimate of drug-likeness (QED) is 0.675. The van der Waals surface area contributed by atoms with Crippen LogP contribution < -0.4 is 10.6 Å². The van der Waals surface area contributed by atoms with Crippen LogP contribution in [0.3, 0.4) is 0 Å². The van der Waals surface area contributed by atoms with Crippen LogP contribution in [-0.4, -0.2) is 55.1 Å². The molecule has 0 spiro atoms. The van der Waals surface area contributed by atoms with Gasteiger partial charge in [-0.25, -0.2) is 4.79 Å². The molecule has 0 aromatic carbocycles. The molecule has 0 bridgehead atoms. The van der Waals surface area contributed by atoms with E-state index in [1.165, 1.54) is 4.90 Å². The lowest BCUT2D eigenvalue weighted by Crippen LogP contribution is -2.46. The third kappa shape index (κ3) is 6.01. The zero-order valence-electron chi connectivity index (χ0n) is 12.8. The maximum absolute atomic E-state index is 11.7. The van der Waals surface area contributed by atoms with Crippen molar-refractivity contribution in [1.29, 1.82) is 0 Å². The van der Waals surface area contributed by atoms with Crippen molar-refractivity contribution in [3.8, 4) is 0 Å². The van der Waals surface area contributed by atoms with Crippen LogP contribution in [0.25, 0.3) is 0 Å². The molecule has 0 radical (unpaired) electrons. The first kappa shape index (κ1) is 17.3. The number of amides is 3. The van der Waals surface area contributed by atoms with Gasteiger partial charge in [-0.3, -0.25) is 9.59 Å². The zero-order valence-corrected chi connectivity index (χ0v) is 12.8. The topological polar surface area (TPSA) is 98.7 Å². The molecule has 3 N–H and O–H groups in total. The molecule has 120 valence electrons. The number of carboxylic acid groups (broad SMARTS) is 1. The SMILES string of the molecule is CN(C)C(=O)CNC(=O)NCC1(CC(=O)O)CCCCC1. The van der Waals surface area contributed by atoms with Crippen molar-refractivity contribution < 1.29 is 19.5 Å². The van der Waals surface area contributed by atoms with E-state index in [0.29, 0.717) is 6.54 Å². The van der Waals surface area contributed by atoms with Crippen LogP contribution in [0, 0.1) is 5.41 Å². The molecule has 1 fully saturated rings. The molecule has 3 amide bonds. The third-order valence-electron chi connectivity index (χ3n) is 3.96. The molecule has 1 aliphatic carbocycles. The second-order valence-corrected chi connectivity index (χ2v) is 5.96. The fourth-order valence-corrected chi connectivity index (χ4v) is 2.68. The summed E-state index contributed by atoms with van der Waals surface area (Å²) in [6, 6.07) is -0.430. The van der Waals surface area contributed by atoms with E-state index in [9.17, 15) is 14.4 Å². The van der Waals surface area contributed by atoms with Crippen molar-refractivity contribution in [1.82, 2.24) is 15.5 Å². The summed E-state index contributed by atoms with van der Waals surface area (Å²) in [6.45, 7) is 0.270. The van der Waals surface area contributed by atoms with E-state index in [0.717, 1.165) is 32.1 Å². The van der Waals surface area contributed by atoms with E-state index in [4.69, 9.17) is 5.11 Å². The van der Waals surface area contributed by atoms with Crippen molar-refractivity contribution in [2.24, 2.45) is 5.41 Å². The van der Waals surface area contributed by atoms with Gasteiger partial charge in [0.25, 0.3) is 0 Å². The second-order valence-electron chi connectivity index (χ2n) is 5.96. The van der Waals surface area contributed by atoms with E-state index in [1.54, 1.807) is 14.1 Å². The monoisotopic (exact) mass is 299 g/mol. The van der Waals surface area contributed by atoms with Crippen molar-refractivity contribution in [3.63, 3.8) is 0 Å². The Labute approximate surface area is 125 Å². The van der Waals surface area contributed by atoms with Crippen LogP contribution in [-0.2, 0) is 9.59 Å². The molecule has 0 unspecified atom stereocenters. The molecular weight excluding hydrogens is 274 g/mol. The van der Waals surface area contributed by atoms with E-state index in [1.807, 2.05) is 0 Å². The number of carboxylic acids is 1. The minimum Gasteiger partial charge on any atom is -0.481 e. The predicted octanol–water partition coefficient (Wildman–Crippen LogP) is 0.799. The molecule has 7 nitrogen and oxygen atoms in total. The third-order valence-corrected chi connectivity index (χ3v) is 3.96. The predicted molar refractivity (Wildman–Crippen MR) is 77.9 cm³/mol. The molecule has 0 aromatic heterocycles. The van der Waals surface area contributed by atoms with Gasteiger partial charge in [-0.1, -0.05) is 19.3 Å². The van der Waals surface area contributed by atoms with Crippen LogP contribution >= 0.6 is 0 Å². The number of carbonyl (C=O) groups is 3. The molecular formula is C14H25N3O4. The molecule has 0 aliphatic heterocycles. The van der Waals surface area contributed by atoms with E-state index in [-0.39, 0.29) is 24.3 Å². The van der Waals surface area contributed by atoms with Crippen molar-refractivity contribution in [2.75, 3.05) is 27.2 Å². The minimum absolute atomic E-state index is 0.0647. The van der Waals surface area contributed by atoms with E-state index >= 15 is 0 Å². The molecule has 7 heteroatoms. The zero-order chi connectivity index (χ0) is 15.9. The summed E-state index contributed by atoms with van der Waals surface area (Å²) < 4.78 is 0. The number of urea groups is 1. The summed E-state index contributed by atoms with van der Waals surface area (Å²) in [7, 11) is 3.23. The summed E-state index contributed by atoms with van der Waals surface area (Å²) >= 11 is 0. The van der Waals surface area contributed by atoms with Gasteiger partial charge >= 0.3 is 12.0 Å². The Morgan fingerprint density at radius 3 is 2.24 bits per heavy atom. The number of hydrogen-bond acceptors (Lipinski definition) is 3. The fraction of sp³-hybridized carbons (Fsp3) is 0.786. The Morgan fingerprint density at radius 1 is 1.10 bits per heavy atom.